The van der Waals surface area contributed by atoms with Gasteiger partial charge in [-0.05, 0) is 25.0 Å². The largest absolute Gasteiger partial charge is 0.321 e. The molecule has 0 aliphatic carbocycles. The zero-order valence-electron chi connectivity index (χ0n) is 9.79. The molecule has 2 nitrogen and oxygen atoms in total. The number of hydrogen-bond donors (Lipinski definition) is 1. The maximum absolute atomic E-state index is 11.9. The van der Waals surface area contributed by atoms with Crippen molar-refractivity contribution in [3.8, 4) is 0 Å². The monoisotopic (exact) mass is 239 g/mol. The number of nitrogens with two attached hydrogens (primary N) is 1. The van der Waals surface area contributed by atoms with Gasteiger partial charge in [0, 0.05) is 10.6 Å². The molecule has 0 saturated heterocycles. The average Bonchev–Trinajstić information content (AvgIpc) is 2.28. The molecule has 1 atom stereocenters. The predicted octanol–water partition coefficient (Wildman–Crippen LogP) is 3.35. The van der Waals surface area contributed by atoms with E-state index in [1.54, 1.807) is 12.1 Å². The molecular weight excluding hydrogens is 222 g/mol. The van der Waals surface area contributed by atoms with Gasteiger partial charge in [-0.15, -0.1) is 0 Å². The molecule has 0 radical (unpaired) electrons. The van der Waals surface area contributed by atoms with Gasteiger partial charge in [-0.1, -0.05) is 43.5 Å². The van der Waals surface area contributed by atoms with Crippen molar-refractivity contribution in [3.63, 3.8) is 0 Å². The van der Waals surface area contributed by atoms with Gasteiger partial charge < -0.3 is 5.73 Å². The number of benzene rings is 1. The van der Waals surface area contributed by atoms with Crippen molar-refractivity contribution in [2.75, 3.05) is 0 Å². The fourth-order valence-electron chi connectivity index (χ4n) is 1.52. The van der Waals surface area contributed by atoms with Gasteiger partial charge in [0.1, 0.15) is 0 Å². The molecule has 0 amide bonds. The molecule has 0 aliphatic heterocycles. The third-order valence-electron chi connectivity index (χ3n) is 2.66. The SMILES string of the molecule is CCCCC(N)C(=O)c1ccc(C)c(Cl)c1. The molecule has 1 unspecified atom stereocenters. The molecule has 0 aromatic heterocycles. The summed E-state index contributed by atoms with van der Waals surface area (Å²) in [5.74, 6) is -0.0182. The van der Waals surface area contributed by atoms with E-state index >= 15 is 0 Å². The summed E-state index contributed by atoms with van der Waals surface area (Å²) in [6, 6.07) is 4.93. The number of Topliss-reactive ketones (excluding diaryl/α,β-unsaturated/α-hetero) is 1. The first kappa shape index (κ1) is 13.2. The fraction of sp³-hybridized carbons (Fsp3) is 0.462. The van der Waals surface area contributed by atoms with E-state index in [-0.39, 0.29) is 5.78 Å². The lowest BCUT2D eigenvalue weighted by molar-refractivity contribution is 0.0956. The minimum Gasteiger partial charge on any atom is -0.321 e. The molecule has 0 heterocycles. The number of aryl methyl sites for hydroxylation is 1. The summed E-state index contributed by atoms with van der Waals surface area (Å²) in [6.07, 6.45) is 2.77. The van der Waals surface area contributed by atoms with Crippen LogP contribution in [0.25, 0.3) is 0 Å². The van der Waals surface area contributed by atoms with Crippen LogP contribution in [0, 0.1) is 6.92 Å². The Morgan fingerprint density at radius 1 is 1.50 bits per heavy atom. The average molecular weight is 240 g/mol. The van der Waals surface area contributed by atoms with Crippen molar-refractivity contribution in [1.29, 1.82) is 0 Å². The lowest BCUT2D eigenvalue weighted by atomic mass is 9.99. The summed E-state index contributed by atoms with van der Waals surface area (Å²) in [5, 5.41) is 0.619. The summed E-state index contributed by atoms with van der Waals surface area (Å²) in [7, 11) is 0. The molecule has 88 valence electrons. The van der Waals surface area contributed by atoms with Crippen LogP contribution in [0.1, 0.15) is 42.1 Å². The van der Waals surface area contributed by atoms with Crippen LogP contribution in [0.5, 0.6) is 0 Å². The summed E-state index contributed by atoms with van der Waals surface area (Å²) < 4.78 is 0. The molecule has 1 aromatic carbocycles. The van der Waals surface area contributed by atoms with Crippen molar-refractivity contribution < 1.29 is 4.79 Å². The Labute approximate surface area is 102 Å². The quantitative estimate of drug-likeness (QED) is 0.801. The molecule has 0 saturated carbocycles. The molecule has 0 spiro atoms. The van der Waals surface area contributed by atoms with Crippen molar-refractivity contribution >= 4 is 17.4 Å². The number of rotatable bonds is 5. The van der Waals surface area contributed by atoms with Crippen LogP contribution in [0.3, 0.4) is 0 Å². The summed E-state index contributed by atoms with van der Waals surface area (Å²) in [6.45, 7) is 3.99. The van der Waals surface area contributed by atoms with Crippen molar-refractivity contribution in [2.45, 2.75) is 39.2 Å². The molecular formula is C13H18ClNO. The maximum atomic E-state index is 11.9. The van der Waals surface area contributed by atoms with Crippen LogP contribution in [-0.4, -0.2) is 11.8 Å². The number of hydrogen-bond acceptors (Lipinski definition) is 2. The van der Waals surface area contributed by atoms with E-state index in [9.17, 15) is 4.79 Å². The number of ketones is 1. The van der Waals surface area contributed by atoms with Crippen molar-refractivity contribution in [3.05, 3.63) is 34.3 Å². The topological polar surface area (TPSA) is 43.1 Å². The van der Waals surface area contributed by atoms with Gasteiger partial charge >= 0.3 is 0 Å². The van der Waals surface area contributed by atoms with E-state index in [0.29, 0.717) is 10.6 Å². The Balaban J connectivity index is 2.76. The van der Waals surface area contributed by atoms with Gasteiger partial charge in [-0.3, -0.25) is 4.79 Å². The second-order valence-corrected chi connectivity index (χ2v) is 4.48. The molecule has 16 heavy (non-hydrogen) atoms. The lowest BCUT2D eigenvalue weighted by Gasteiger charge is -2.10. The zero-order chi connectivity index (χ0) is 12.1. The first-order chi connectivity index (χ1) is 7.56. The molecule has 3 heteroatoms. The van der Waals surface area contributed by atoms with Crippen molar-refractivity contribution in [1.82, 2.24) is 0 Å². The number of carbonyl (C=O) groups is 1. The van der Waals surface area contributed by atoms with E-state index in [4.69, 9.17) is 17.3 Å². The zero-order valence-corrected chi connectivity index (χ0v) is 10.6. The van der Waals surface area contributed by atoms with Crippen LogP contribution in [0.2, 0.25) is 5.02 Å². The minimum absolute atomic E-state index is 0.0182. The van der Waals surface area contributed by atoms with Gasteiger partial charge in [0.2, 0.25) is 0 Å². The Bertz CT molecular complexity index is 376. The number of halogens is 1. The molecule has 2 N–H and O–H groups in total. The lowest BCUT2D eigenvalue weighted by Crippen LogP contribution is -2.30. The van der Waals surface area contributed by atoms with Crippen LogP contribution in [-0.2, 0) is 0 Å². The molecule has 0 aliphatic rings. The van der Waals surface area contributed by atoms with E-state index < -0.39 is 6.04 Å². The van der Waals surface area contributed by atoms with E-state index in [1.807, 2.05) is 13.0 Å². The van der Waals surface area contributed by atoms with Crippen molar-refractivity contribution in [2.24, 2.45) is 5.73 Å². The summed E-state index contributed by atoms with van der Waals surface area (Å²) in [4.78, 5) is 11.9. The Morgan fingerprint density at radius 2 is 2.19 bits per heavy atom. The smallest absolute Gasteiger partial charge is 0.179 e. The van der Waals surface area contributed by atoms with Crippen LogP contribution in [0.15, 0.2) is 18.2 Å². The maximum Gasteiger partial charge on any atom is 0.179 e. The Morgan fingerprint density at radius 3 is 2.75 bits per heavy atom. The normalized spacial score (nSPS) is 12.5. The van der Waals surface area contributed by atoms with Gasteiger partial charge in [0.05, 0.1) is 6.04 Å². The number of unbranched alkanes of at least 4 members (excludes halogenated alkanes) is 1. The van der Waals surface area contributed by atoms with Gasteiger partial charge in [0.25, 0.3) is 0 Å². The Hall–Kier alpha value is -0.860. The van der Waals surface area contributed by atoms with E-state index in [2.05, 4.69) is 6.92 Å². The van der Waals surface area contributed by atoms with Crippen LogP contribution < -0.4 is 5.73 Å². The Kier molecular flexibility index (Phi) is 4.97. The van der Waals surface area contributed by atoms with E-state index in [0.717, 1.165) is 24.8 Å². The third-order valence-corrected chi connectivity index (χ3v) is 3.07. The fourth-order valence-corrected chi connectivity index (χ4v) is 1.70. The van der Waals surface area contributed by atoms with E-state index in [1.165, 1.54) is 0 Å². The van der Waals surface area contributed by atoms with Gasteiger partial charge in [-0.2, -0.15) is 0 Å². The highest BCUT2D eigenvalue weighted by molar-refractivity contribution is 6.31. The van der Waals surface area contributed by atoms with Gasteiger partial charge in [0.15, 0.2) is 5.78 Å². The van der Waals surface area contributed by atoms with Gasteiger partial charge in [-0.25, -0.2) is 0 Å². The summed E-state index contributed by atoms with van der Waals surface area (Å²) in [5.41, 5.74) is 7.41. The standard InChI is InChI=1S/C13H18ClNO/c1-3-4-5-12(15)13(16)10-7-6-9(2)11(14)8-10/h6-8,12H,3-5,15H2,1-2H3. The third kappa shape index (κ3) is 3.32. The highest BCUT2D eigenvalue weighted by Gasteiger charge is 2.15. The number of carbonyl (C=O) groups excluding carboxylic acids is 1. The van der Waals surface area contributed by atoms with Crippen LogP contribution >= 0.6 is 11.6 Å². The minimum atomic E-state index is -0.404. The van der Waals surface area contributed by atoms with Crippen LogP contribution in [0.4, 0.5) is 0 Å². The molecule has 1 rings (SSSR count). The molecule has 0 fully saturated rings. The predicted molar refractivity (Wildman–Crippen MR) is 68.0 cm³/mol. The first-order valence-corrected chi connectivity index (χ1v) is 6.00. The molecule has 0 bridgehead atoms. The first-order valence-electron chi connectivity index (χ1n) is 5.62. The summed E-state index contributed by atoms with van der Waals surface area (Å²) >= 11 is 5.97. The highest BCUT2D eigenvalue weighted by Crippen LogP contribution is 2.18. The second-order valence-electron chi connectivity index (χ2n) is 4.08. The highest BCUT2D eigenvalue weighted by atomic mass is 35.5. The second kappa shape index (κ2) is 6.02. The molecule has 1 aromatic rings.